The molecule has 5 aromatic heterocycles. The number of H-pyrrole nitrogens is 1. The van der Waals surface area contributed by atoms with E-state index in [1.807, 2.05) is 26.1 Å². The summed E-state index contributed by atoms with van der Waals surface area (Å²) in [6.07, 6.45) is 5.95. The summed E-state index contributed by atoms with van der Waals surface area (Å²) in [5.74, 6) is -5.09. The monoisotopic (exact) mass is 1750 g/mol. The van der Waals surface area contributed by atoms with Gasteiger partial charge in [0.2, 0.25) is 30.0 Å². The molecule has 1 aliphatic rings. The quantitative estimate of drug-likeness (QED) is 0.0183. The van der Waals surface area contributed by atoms with Crippen LogP contribution < -0.4 is 25.3 Å². The Morgan fingerprint density at radius 2 is 0.843 bits per heavy atom. The molecule has 3 atom stereocenters. The molecular weight excluding hydrogens is 1670 g/mol. The van der Waals surface area contributed by atoms with Gasteiger partial charge in [0.1, 0.15) is 23.3 Å². The van der Waals surface area contributed by atoms with Gasteiger partial charge in [-0.05, 0) is 181 Å². The number of methoxy groups -OCH3 is 3. The summed E-state index contributed by atoms with van der Waals surface area (Å²) in [5, 5.41) is -0.909. The van der Waals surface area contributed by atoms with Crippen LogP contribution in [-0.4, -0.2) is 124 Å². The second kappa shape index (κ2) is 43.9. The van der Waals surface area contributed by atoms with Crippen LogP contribution >= 0.6 is 23.8 Å². The highest BCUT2D eigenvalue weighted by atomic mass is 35.5. The lowest BCUT2D eigenvalue weighted by molar-refractivity contribution is 0.0495. The van der Waals surface area contributed by atoms with Gasteiger partial charge in [-0.1, -0.05) is 72.8 Å². The number of pyridine rings is 2. The number of alkyl halides is 1. The molecule has 0 aliphatic carbocycles. The first-order valence-corrected chi connectivity index (χ1v) is 41.8. The minimum Gasteiger partial charge on any atom is -0.494 e. The van der Waals surface area contributed by atoms with E-state index < -0.39 is 94.0 Å². The van der Waals surface area contributed by atoms with Crippen molar-refractivity contribution in [1.82, 2.24) is 43.9 Å². The molecule has 12 rings (SSSR count). The third-order valence-corrected chi connectivity index (χ3v) is 21.8. The molecule has 0 fully saturated rings. The SMILES string of the molecule is CC(CCCl)OCc1ccccc1F.COc1ccc(CN2C=C(c3cc(C)[nH]c(=S)n3)C=C(F)C2)cc1F.COc1ccc(Cn2cc(-c3cc(C)nc(S(=O)(=O)CCC(C)OCc4ccccc4F)n3)cc(F)c2=O)cc1F.COc1ccc(Cn2cc(-c3cc(C)nc(S(=O)(=O)CCC(C)OCc4ccccc4F)n3)cc(F)c2=O)cc1F. The Hall–Kier alpha value is -11.2. The molecule has 6 aromatic carbocycles. The number of halogens is 10. The van der Waals surface area contributed by atoms with Crippen LogP contribution in [0, 0.1) is 72.1 Å². The number of rotatable bonds is 31. The number of nitrogens with one attached hydrogen (secondary N) is 1. The molecule has 0 radical (unpaired) electrons. The van der Waals surface area contributed by atoms with Crippen molar-refractivity contribution in [3.63, 3.8) is 0 Å². The number of sulfone groups is 2. The first kappa shape index (κ1) is 93.7. The van der Waals surface area contributed by atoms with Gasteiger partial charge in [0.25, 0.3) is 11.1 Å². The Bertz CT molecular complexity index is 5720. The van der Waals surface area contributed by atoms with Crippen molar-refractivity contribution in [2.45, 2.75) is 129 Å². The van der Waals surface area contributed by atoms with E-state index >= 15 is 0 Å². The molecule has 3 unspecified atom stereocenters. The second-order valence-corrected chi connectivity index (χ2v) is 32.7. The van der Waals surface area contributed by atoms with Crippen molar-refractivity contribution < 1.29 is 84.8 Å². The lowest BCUT2D eigenvalue weighted by atomic mass is 10.1. The van der Waals surface area contributed by atoms with E-state index in [-0.39, 0.29) is 115 Å². The molecule has 0 bridgehead atoms. The first-order chi connectivity index (χ1) is 57.6. The summed E-state index contributed by atoms with van der Waals surface area (Å²) in [4.78, 5) is 50.4. The number of benzene rings is 6. The molecule has 21 nitrogen and oxygen atoms in total. The fourth-order valence-electron chi connectivity index (χ4n) is 11.9. The molecule has 0 saturated heterocycles. The highest BCUT2D eigenvalue weighted by Crippen LogP contribution is 2.29. The van der Waals surface area contributed by atoms with Gasteiger partial charge in [-0.2, -0.15) is 0 Å². The highest BCUT2D eigenvalue weighted by molar-refractivity contribution is 7.91. The lowest BCUT2D eigenvalue weighted by Crippen LogP contribution is -2.23. The topological polar surface area (TPSA) is 251 Å². The Morgan fingerprint density at radius 3 is 1.21 bits per heavy atom. The van der Waals surface area contributed by atoms with Gasteiger partial charge >= 0.3 is 0 Å². The molecule has 6 heterocycles. The zero-order chi connectivity index (χ0) is 87.8. The average Bonchev–Trinajstić information content (AvgIpc) is 0.793. The molecule has 121 heavy (non-hydrogen) atoms. The molecule has 1 N–H and O–H groups in total. The Balaban J connectivity index is 0.000000195. The normalized spacial score (nSPS) is 12.8. The minimum absolute atomic E-state index is 0.0105. The number of aromatic nitrogens is 8. The van der Waals surface area contributed by atoms with Crippen molar-refractivity contribution in [2.75, 3.05) is 45.3 Å². The van der Waals surface area contributed by atoms with Gasteiger partial charge in [0, 0.05) is 81.5 Å². The van der Waals surface area contributed by atoms with Crippen LogP contribution in [0.3, 0.4) is 0 Å². The fourth-order valence-corrected chi connectivity index (χ4v) is 15.1. The number of nitrogens with zero attached hydrogens (tertiary/aromatic N) is 8. The van der Waals surface area contributed by atoms with Gasteiger partial charge in [-0.3, -0.25) is 9.59 Å². The molecule has 0 amide bonds. The van der Waals surface area contributed by atoms with E-state index in [0.29, 0.717) is 74.3 Å². The van der Waals surface area contributed by atoms with E-state index in [0.717, 1.165) is 38.9 Å². The van der Waals surface area contributed by atoms with E-state index in [2.05, 4.69) is 29.9 Å². The van der Waals surface area contributed by atoms with E-state index in [9.17, 15) is 65.9 Å². The number of hydrogen-bond donors (Lipinski definition) is 1. The van der Waals surface area contributed by atoms with E-state index in [1.165, 1.54) is 100 Å². The van der Waals surface area contributed by atoms with E-state index in [4.69, 9.17) is 52.2 Å². The van der Waals surface area contributed by atoms with E-state index in [1.54, 1.807) is 111 Å². The Morgan fingerprint density at radius 1 is 0.463 bits per heavy atom. The van der Waals surface area contributed by atoms with Gasteiger partial charge in [0.05, 0.1) is 108 Å². The number of allylic oxidation sites excluding steroid dienone is 2. The van der Waals surface area contributed by atoms with Gasteiger partial charge in [-0.25, -0.2) is 81.3 Å². The van der Waals surface area contributed by atoms with Crippen LogP contribution in [-0.2, 0) is 73.3 Å². The number of hydrogen-bond acceptors (Lipinski definition) is 19. The minimum atomic E-state index is -3.98. The Kier molecular flexibility index (Phi) is 33.9. The fraction of sp³-hybridized carbons (Fsp3) is 0.287. The number of aromatic amines is 1. The summed E-state index contributed by atoms with van der Waals surface area (Å²) in [5.41, 5.74) is 4.08. The van der Waals surface area contributed by atoms with Gasteiger partial charge in [-0.15, -0.1) is 11.6 Å². The van der Waals surface area contributed by atoms with Crippen LogP contribution in [0.4, 0.5) is 39.5 Å². The lowest BCUT2D eigenvalue weighted by Gasteiger charge is -2.24. The smallest absolute Gasteiger partial charge is 0.286 e. The van der Waals surface area contributed by atoms with Crippen LogP contribution in [0.25, 0.3) is 28.1 Å². The van der Waals surface area contributed by atoms with Crippen molar-refractivity contribution in [1.29, 1.82) is 0 Å². The molecule has 640 valence electrons. The number of ether oxygens (including phenoxy) is 6. The van der Waals surface area contributed by atoms with Crippen molar-refractivity contribution >= 4 is 49.1 Å². The molecule has 0 spiro atoms. The second-order valence-electron chi connectivity index (χ2n) is 27.9. The molecule has 1 aliphatic heterocycles. The Labute approximate surface area is 704 Å². The molecule has 0 saturated carbocycles. The summed E-state index contributed by atoms with van der Waals surface area (Å²) in [6, 6.07) is 38.5. The summed E-state index contributed by atoms with van der Waals surface area (Å²) in [7, 11) is -3.90. The van der Waals surface area contributed by atoms with Crippen LogP contribution in [0.2, 0.25) is 0 Å². The van der Waals surface area contributed by atoms with Gasteiger partial charge < -0.3 is 47.4 Å². The largest absolute Gasteiger partial charge is 0.494 e. The molecule has 11 aromatic rings. The van der Waals surface area contributed by atoms with Crippen LogP contribution in [0.5, 0.6) is 17.2 Å². The predicted molar refractivity (Wildman–Crippen MR) is 442 cm³/mol. The third kappa shape index (κ3) is 27.4. The number of aryl methyl sites for hydroxylation is 3. The first-order valence-electron chi connectivity index (χ1n) is 37.6. The predicted octanol–water partition coefficient (Wildman–Crippen LogP) is 17.4. The third-order valence-electron chi connectivity index (χ3n) is 18.3. The molecular formula is C87H87ClF9N9O12S3. The van der Waals surface area contributed by atoms with Crippen molar-refractivity contribution in [2.24, 2.45) is 0 Å². The standard InChI is InChI=1S/2C29H28F3N3O5S.C18H17F2N3OS.C11H14ClFO/c2*1-18-12-26(22-14-25(32)28(36)35(16-22)15-20-8-9-27(39-3)24(31)13-20)34-29(33-18)41(37,38)11-10-19(2)40-17-21-6-4-5-7-23(21)30;1-11-5-16(22-18(25)21-11)13-7-14(19)10-23(9-13)8-12-3-4-17(24-2)15(20)6-12;1-9(6-7-12)14-8-10-4-2-3-5-11(10)13/h2*4-9,12-14,16,19H,10-11,15,17H2,1-3H3;3-7,9H,8,10H2,1-2H3,(H,21,22,25);2-5,9H,6-8H2,1H3. The summed E-state index contributed by atoms with van der Waals surface area (Å²) < 4.78 is 213. The maximum atomic E-state index is 14.7. The van der Waals surface area contributed by atoms with Crippen LogP contribution in [0.1, 0.15) is 96.2 Å². The molecule has 34 heteroatoms. The van der Waals surface area contributed by atoms with Gasteiger partial charge in [0.15, 0.2) is 51.1 Å². The maximum absolute atomic E-state index is 14.7. The zero-order valence-electron chi connectivity index (χ0n) is 67.2. The zero-order valence-corrected chi connectivity index (χ0v) is 70.4. The highest BCUT2D eigenvalue weighted by Gasteiger charge is 2.26. The van der Waals surface area contributed by atoms with Crippen molar-refractivity contribution in [3.8, 4) is 39.8 Å². The summed E-state index contributed by atoms with van der Waals surface area (Å²) >= 11 is 10.6. The van der Waals surface area contributed by atoms with Crippen LogP contribution in [0.15, 0.2) is 208 Å². The average molecular weight is 1750 g/mol. The maximum Gasteiger partial charge on any atom is 0.286 e. The summed E-state index contributed by atoms with van der Waals surface area (Å²) in [6.45, 7) is 10.8. The van der Waals surface area contributed by atoms with Crippen molar-refractivity contribution in [3.05, 3.63) is 316 Å².